The first-order valence-electron chi connectivity index (χ1n) is 7.22. The van der Waals surface area contributed by atoms with Gasteiger partial charge in [0, 0.05) is 18.6 Å². The molecule has 1 aromatic heterocycles. The third-order valence-corrected chi connectivity index (χ3v) is 3.42. The van der Waals surface area contributed by atoms with Crippen LogP contribution in [-0.2, 0) is 13.1 Å². The van der Waals surface area contributed by atoms with Crippen molar-refractivity contribution < 1.29 is 0 Å². The van der Waals surface area contributed by atoms with E-state index in [4.69, 9.17) is 5.73 Å². The summed E-state index contributed by atoms with van der Waals surface area (Å²) in [5.41, 5.74) is 5.89. The second-order valence-corrected chi connectivity index (χ2v) is 6.19. The molecule has 0 spiro atoms. The molecule has 1 rings (SSSR count). The molecule has 0 aliphatic rings. The van der Waals surface area contributed by atoms with Crippen molar-refractivity contribution in [1.82, 2.24) is 19.7 Å². The van der Waals surface area contributed by atoms with Gasteiger partial charge in [0.15, 0.2) is 0 Å². The highest BCUT2D eigenvalue weighted by Gasteiger charge is 2.26. The molecule has 0 aliphatic carbocycles. The SMILES string of the molecule is CCCN(Cc1ncnn1CC(C)C)C(C)(C)CN. The van der Waals surface area contributed by atoms with Crippen molar-refractivity contribution in [2.45, 2.75) is 59.7 Å². The fourth-order valence-corrected chi connectivity index (χ4v) is 2.07. The van der Waals surface area contributed by atoms with Crippen LogP contribution in [0.3, 0.4) is 0 Å². The lowest BCUT2D eigenvalue weighted by atomic mass is 10.0. The van der Waals surface area contributed by atoms with Gasteiger partial charge in [-0.3, -0.25) is 4.90 Å². The van der Waals surface area contributed by atoms with Crippen molar-refractivity contribution in [3.63, 3.8) is 0 Å². The summed E-state index contributed by atoms with van der Waals surface area (Å²) in [6.07, 6.45) is 2.76. The van der Waals surface area contributed by atoms with Crippen LogP contribution in [0.5, 0.6) is 0 Å². The van der Waals surface area contributed by atoms with E-state index in [1.54, 1.807) is 6.33 Å². The van der Waals surface area contributed by atoms with Crippen molar-refractivity contribution in [1.29, 1.82) is 0 Å². The molecule has 0 amide bonds. The predicted octanol–water partition coefficient (Wildman–Crippen LogP) is 1.88. The monoisotopic (exact) mass is 267 g/mol. The van der Waals surface area contributed by atoms with Crippen LogP contribution < -0.4 is 5.73 Å². The van der Waals surface area contributed by atoms with Crippen molar-refractivity contribution in [3.05, 3.63) is 12.2 Å². The Morgan fingerprint density at radius 1 is 1.42 bits per heavy atom. The summed E-state index contributed by atoms with van der Waals surface area (Å²) in [5.74, 6) is 1.60. The molecule has 0 fully saturated rings. The Kier molecular flexibility index (Phi) is 5.94. The Balaban J connectivity index is 2.82. The van der Waals surface area contributed by atoms with Crippen LogP contribution in [0.15, 0.2) is 6.33 Å². The van der Waals surface area contributed by atoms with Gasteiger partial charge in [-0.15, -0.1) is 0 Å². The topological polar surface area (TPSA) is 60.0 Å². The molecule has 2 N–H and O–H groups in total. The Bertz CT molecular complexity index is 370. The van der Waals surface area contributed by atoms with Gasteiger partial charge < -0.3 is 5.73 Å². The summed E-state index contributed by atoms with van der Waals surface area (Å²) in [7, 11) is 0. The maximum absolute atomic E-state index is 5.90. The van der Waals surface area contributed by atoms with Gasteiger partial charge in [-0.05, 0) is 32.7 Å². The molecule has 0 unspecified atom stereocenters. The first-order chi connectivity index (χ1) is 8.90. The highest BCUT2D eigenvalue weighted by Crippen LogP contribution is 2.16. The van der Waals surface area contributed by atoms with Gasteiger partial charge in [-0.25, -0.2) is 9.67 Å². The highest BCUT2D eigenvalue weighted by molar-refractivity contribution is 4.90. The minimum absolute atomic E-state index is 0.00930. The van der Waals surface area contributed by atoms with Gasteiger partial charge in [-0.2, -0.15) is 5.10 Å². The number of aromatic nitrogens is 3. The van der Waals surface area contributed by atoms with E-state index >= 15 is 0 Å². The largest absolute Gasteiger partial charge is 0.329 e. The van der Waals surface area contributed by atoms with Crippen LogP contribution in [0.2, 0.25) is 0 Å². The number of hydrogen-bond acceptors (Lipinski definition) is 4. The smallest absolute Gasteiger partial charge is 0.141 e. The number of rotatable bonds is 8. The summed E-state index contributed by atoms with van der Waals surface area (Å²) >= 11 is 0. The zero-order valence-electron chi connectivity index (χ0n) is 13.1. The molecule has 110 valence electrons. The summed E-state index contributed by atoms with van der Waals surface area (Å²) in [6.45, 7) is 14.3. The molecule has 0 saturated heterocycles. The molecule has 0 atom stereocenters. The normalized spacial score (nSPS) is 12.6. The second-order valence-electron chi connectivity index (χ2n) is 6.19. The summed E-state index contributed by atoms with van der Waals surface area (Å²) in [6, 6.07) is 0. The number of nitrogens with zero attached hydrogens (tertiary/aromatic N) is 4. The molecule has 0 saturated carbocycles. The van der Waals surface area contributed by atoms with Crippen LogP contribution in [-0.4, -0.2) is 38.3 Å². The van der Waals surface area contributed by atoms with Crippen LogP contribution in [0.25, 0.3) is 0 Å². The van der Waals surface area contributed by atoms with E-state index in [1.165, 1.54) is 0 Å². The molecule has 19 heavy (non-hydrogen) atoms. The number of nitrogens with two attached hydrogens (primary N) is 1. The molecule has 1 aromatic rings. The summed E-state index contributed by atoms with van der Waals surface area (Å²) < 4.78 is 2.01. The van der Waals surface area contributed by atoms with E-state index in [1.807, 2.05) is 4.68 Å². The maximum atomic E-state index is 5.90. The Hall–Kier alpha value is -0.940. The van der Waals surface area contributed by atoms with Gasteiger partial charge in [0.1, 0.15) is 12.2 Å². The molecule has 0 radical (unpaired) electrons. The first kappa shape index (κ1) is 16.1. The maximum Gasteiger partial charge on any atom is 0.141 e. The van der Waals surface area contributed by atoms with Gasteiger partial charge in [0.25, 0.3) is 0 Å². The zero-order valence-corrected chi connectivity index (χ0v) is 13.1. The third kappa shape index (κ3) is 4.58. The van der Waals surface area contributed by atoms with Gasteiger partial charge in [-0.1, -0.05) is 20.8 Å². The number of hydrogen-bond donors (Lipinski definition) is 1. The molecular weight excluding hydrogens is 238 g/mol. The molecule has 1 heterocycles. The van der Waals surface area contributed by atoms with Gasteiger partial charge in [0.05, 0.1) is 6.54 Å². The van der Waals surface area contributed by atoms with Gasteiger partial charge >= 0.3 is 0 Å². The highest BCUT2D eigenvalue weighted by atomic mass is 15.4. The van der Waals surface area contributed by atoms with Crippen LogP contribution >= 0.6 is 0 Å². The third-order valence-electron chi connectivity index (χ3n) is 3.42. The van der Waals surface area contributed by atoms with Crippen molar-refractivity contribution >= 4 is 0 Å². The van der Waals surface area contributed by atoms with E-state index < -0.39 is 0 Å². The molecular formula is C14H29N5. The lowest BCUT2D eigenvalue weighted by Gasteiger charge is -2.37. The van der Waals surface area contributed by atoms with E-state index in [0.717, 1.165) is 31.9 Å². The zero-order chi connectivity index (χ0) is 14.5. The fourth-order valence-electron chi connectivity index (χ4n) is 2.07. The predicted molar refractivity (Wildman–Crippen MR) is 78.7 cm³/mol. The molecule has 0 aromatic carbocycles. The van der Waals surface area contributed by atoms with E-state index in [0.29, 0.717) is 12.5 Å². The van der Waals surface area contributed by atoms with Crippen molar-refractivity contribution in [2.75, 3.05) is 13.1 Å². The Morgan fingerprint density at radius 3 is 2.63 bits per heavy atom. The second kappa shape index (κ2) is 7.01. The Morgan fingerprint density at radius 2 is 2.11 bits per heavy atom. The molecule has 5 heteroatoms. The lowest BCUT2D eigenvalue weighted by molar-refractivity contribution is 0.112. The van der Waals surface area contributed by atoms with E-state index in [9.17, 15) is 0 Å². The van der Waals surface area contributed by atoms with Crippen LogP contribution in [0.1, 0.15) is 46.9 Å². The van der Waals surface area contributed by atoms with Crippen molar-refractivity contribution in [2.24, 2.45) is 11.7 Å². The van der Waals surface area contributed by atoms with Crippen LogP contribution in [0.4, 0.5) is 0 Å². The molecule has 0 bridgehead atoms. The minimum atomic E-state index is -0.00930. The summed E-state index contributed by atoms with van der Waals surface area (Å²) in [5, 5.41) is 4.33. The van der Waals surface area contributed by atoms with Crippen molar-refractivity contribution in [3.8, 4) is 0 Å². The van der Waals surface area contributed by atoms with E-state index in [2.05, 4.69) is 49.6 Å². The fraction of sp³-hybridized carbons (Fsp3) is 0.857. The standard InChI is InChI=1S/C14H29N5/c1-6-7-18(14(4,5)10-15)9-13-16-11-17-19(13)8-12(2)3/h11-12H,6-10,15H2,1-5H3. The first-order valence-corrected chi connectivity index (χ1v) is 7.22. The lowest BCUT2D eigenvalue weighted by Crippen LogP contribution is -2.49. The average molecular weight is 267 g/mol. The quantitative estimate of drug-likeness (QED) is 0.781. The van der Waals surface area contributed by atoms with Gasteiger partial charge in [0.2, 0.25) is 0 Å². The molecule has 0 aliphatic heterocycles. The average Bonchev–Trinajstić information content (AvgIpc) is 2.75. The molecule has 5 nitrogen and oxygen atoms in total. The Labute approximate surface area is 117 Å². The summed E-state index contributed by atoms with van der Waals surface area (Å²) in [4.78, 5) is 6.81. The minimum Gasteiger partial charge on any atom is -0.329 e. The van der Waals surface area contributed by atoms with E-state index in [-0.39, 0.29) is 5.54 Å². The van der Waals surface area contributed by atoms with Crippen LogP contribution in [0, 0.1) is 5.92 Å².